The van der Waals surface area contributed by atoms with Crippen molar-refractivity contribution in [1.82, 2.24) is 14.9 Å². The first-order chi connectivity index (χ1) is 6.25. The van der Waals surface area contributed by atoms with Gasteiger partial charge in [-0.1, -0.05) is 0 Å². The van der Waals surface area contributed by atoms with E-state index in [0.29, 0.717) is 6.04 Å². The number of rotatable bonds is 5. The number of aromatic nitrogens is 2. The Morgan fingerprint density at radius 2 is 2.46 bits per heavy atom. The van der Waals surface area contributed by atoms with Crippen LogP contribution in [0.1, 0.15) is 25.2 Å². The third-order valence-electron chi connectivity index (χ3n) is 2.08. The Balaban J connectivity index is 2.39. The maximum Gasteiger partial charge on any atom is 0.125 e. The number of imidazole rings is 1. The molecule has 0 fully saturated rings. The highest BCUT2D eigenvalue weighted by molar-refractivity contribution is 4.96. The quantitative estimate of drug-likeness (QED) is 0.649. The van der Waals surface area contributed by atoms with E-state index in [1.807, 2.05) is 24.0 Å². The molecule has 1 heterocycles. The summed E-state index contributed by atoms with van der Waals surface area (Å²) < 4.78 is 2.03. The lowest BCUT2D eigenvalue weighted by atomic mass is 10.3. The van der Waals surface area contributed by atoms with Crippen LogP contribution >= 0.6 is 0 Å². The molecule has 0 radical (unpaired) electrons. The van der Waals surface area contributed by atoms with Crippen LogP contribution in [-0.4, -0.2) is 22.6 Å². The molecule has 74 valence electrons. The van der Waals surface area contributed by atoms with Gasteiger partial charge in [0.05, 0.1) is 6.04 Å². The van der Waals surface area contributed by atoms with Crippen LogP contribution in [0.25, 0.3) is 0 Å². The molecule has 0 aliphatic rings. The van der Waals surface area contributed by atoms with Crippen molar-refractivity contribution >= 4 is 0 Å². The summed E-state index contributed by atoms with van der Waals surface area (Å²) in [4.78, 5) is 4.26. The zero-order chi connectivity index (χ0) is 9.68. The standard InChI is InChI=1S/C9H18N4/c1-8(11-5-3-4-10)9-12-6-7-13(9)2/h6-8,11H,3-5,10H2,1-2H3. The molecule has 1 aromatic heterocycles. The number of nitrogens with zero attached hydrogens (tertiary/aromatic N) is 2. The van der Waals surface area contributed by atoms with Crippen molar-refractivity contribution in [2.75, 3.05) is 13.1 Å². The van der Waals surface area contributed by atoms with E-state index in [1.54, 1.807) is 0 Å². The minimum Gasteiger partial charge on any atom is -0.337 e. The van der Waals surface area contributed by atoms with Gasteiger partial charge in [-0.05, 0) is 26.4 Å². The summed E-state index contributed by atoms with van der Waals surface area (Å²) in [5, 5.41) is 3.36. The van der Waals surface area contributed by atoms with Crippen LogP contribution in [-0.2, 0) is 7.05 Å². The van der Waals surface area contributed by atoms with Crippen molar-refractivity contribution in [1.29, 1.82) is 0 Å². The molecule has 0 saturated carbocycles. The fourth-order valence-electron chi connectivity index (χ4n) is 1.31. The average molecular weight is 182 g/mol. The summed E-state index contributed by atoms with van der Waals surface area (Å²) in [5.74, 6) is 1.07. The van der Waals surface area contributed by atoms with Crippen LogP contribution in [0.3, 0.4) is 0 Å². The van der Waals surface area contributed by atoms with E-state index >= 15 is 0 Å². The van der Waals surface area contributed by atoms with Gasteiger partial charge in [0.25, 0.3) is 0 Å². The molecule has 13 heavy (non-hydrogen) atoms. The van der Waals surface area contributed by atoms with Gasteiger partial charge in [-0.2, -0.15) is 0 Å². The zero-order valence-electron chi connectivity index (χ0n) is 8.33. The second-order valence-corrected chi connectivity index (χ2v) is 3.21. The van der Waals surface area contributed by atoms with Crippen molar-refractivity contribution < 1.29 is 0 Å². The Hall–Kier alpha value is -0.870. The predicted octanol–water partition coefficient (Wildman–Crippen LogP) is 0.419. The molecule has 1 aromatic rings. The van der Waals surface area contributed by atoms with Crippen molar-refractivity contribution in [2.45, 2.75) is 19.4 Å². The summed E-state index contributed by atoms with van der Waals surface area (Å²) in [7, 11) is 2.00. The third-order valence-corrected chi connectivity index (χ3v) is 2.08. The summed E-state index contributed by atoms with van der Waals surface area (Å²) in [5.41, 5.74) is 5.40. The minimum atomic E-state index is 0.298. The smallest absolute Gasteiger partial charge is 0.125 e. The van der Waals surface area contributed by atoms with Gasteiger partial charge < -0.3 is 15.6 Å². The molecule has 4 nitrogen and oxygen atoms in total. The van der Waals surface area contributed by atoms with Crippen LogP contribution in [0, 0.1) is 0 Å². The van der Waals surface area contributed by atoms with Gasteiger partial charge in [0, 0.05) is 19.4 Å². The molecule has 4 heteroatoms. The Labute approximate surface area is 79.1 Å². The molecule has 0 amide bonds. The molecule has 0 aliphatic heterocycles. The van der Waals surface area contributed by atoms with Gasteiger partial charge in [0.15, 0.2) is 0 Å². The highest BCUT2D eigenvalue weighted by atomic mass is 15.1. The number of aryl methyl sites for hydroxylation is 1. The van der Waals surface area contributed by atoms with Gasteiger partial charge >= 0.3 is 0 Å². The van der Waals surface area contributed by atoms with Crippen LogP contribution in [0.2, 0.25) is 0 Å². The van der Waals surface area contributed by atoms with Gasteiger partial charge in [0.2, 0.25) is 0 Å². The molecular weight excluding hydrogens is 164 g/mol. The molecule has 3 N–H and O–H groups in total. The number of nitrogens with one attached hydrogen (secondary N) is 1. The SMILES string of the molecule is CC(NCCCN)c1nccn1C. The second-order valence-electron chi connectivity index (χ2n) is 3.21. The van der Waals surface area contributed by atoms with E-state index in [2.05, 4.69) is 17.2 Å². The van der Waals surface area contributed by atoms with E-state index in [9.17, 15) is 0 Å². The molecule has 1 rings (SSSR count). The van der Waals surface area contributed by atoms with Gasteiger partial charge in [0.1, 0.15) is 5.82 Å². The largest absolute Gasteiger partial charge is 0.337 e. The fourth-order valence-corrected chi connectivity index (χ4v) is 1.31. The van der Waals surface area contributed by atoms with Gasteiger partial charge in [-0.15, -0.1) is 0 Å². The fraction of sp³-hybridized carbons (Fsp3) is 0.667. The molecule has 1 unspecified atom stereocenters. The summed E-state index contributed by atoms with van der Waals surface area (Å²) in [6.07, 6.45) is 4.78. The van der Waals surface area contributed by atoms with Gasteiger partial charge in [-0.25, -0.2) is 4.98 Å². The molecule has 0 bridgehead atoms. The van der Waals surface area contributed by atoms with E-state index in [4.69, 9.17) is 5.73 Å². The van der Waals surface area contributed by atoms with Crippen molar-refractivity contribution in [3.63, 3.8) is 0 Å². The number of hydrogen-bond acceptors (Lipinski definition) is 3. The molecule has 0 aromatic carbocycles. The monoisotopic (exact) mass is 182 g/mol. The maximum absolute atomic E-state index is 5.40. The number of nitrogens with two attached hydrogens (primary N) is 1. The Morgan fingerprint density at radius 3 is 3.00 bits per heavy atom. The second kappa shape index (κ2) is 4.99. The lowest BCUT2D eigenvalue weighted by Crippen LogP contribution is -2.24. The number of hydrogen-bond donors (Lipinski definition) is 2. The Kier molecular flexibility index (Phi) is 3.92. The van der Waals surface area contributed by atoms with E-state index in [0.717, 1.165) is 25.3 Å². The summed E-state index contributed by atoms with van der Waals surface area (Å²) in [6, 6.07) is 0.298. The molecular formula is C9H18N4. The van der Waals surface area contributed by atoms with Crippen LogP contribution < -0.4 is 11.1 Å². The molecule has 0 aliphatic carbocycles. The van der Waals surface area contributed by atoms with Crippen LogP contribution in [0.5, 0.6) is 0 Å². The first-order valence-electron chi connectivity index (χ1n) is 4.66. The topological polar surface area (TPSA) is 55.9 Å². The summed E-state index contributed by atoms with van der Waals surface area (Å²) in [6.45, 7) is 3.80. The van der Waals surface area contributed by atoms with E-state index in [-0.39, 0.29) is 0 Å². The van der Waals surface area contributed by atoms with Crippen molar-refractivity contribution in [2.24, 2.45) is 12.8 Å². The Bertz CT molecular complexity index is 244. The van der Waals surface area contributed by atoms with Crippen molar-refractivity contribution in [3.8, 4) is 0 Å². The zero-order valence-corrected chi connectivity index (χ0v) is 8.33. The highest BCUT2D eigenvalue weighted by Gasteiger charge is 2.07. The van der Waals surface area contributed by atoms with Crippen LogP contribution in [0.15, 0.2) is 12.4 Å². The molecule has 1 atom stereocenters. The van der Waals surface area contributed by atoms with Crippen molar-refractivity contribution in [3.05, 3.63) is 18.2 Å². The summed E-state index contributed by atoms with van der Waals surface area (Å²) >= 11 is 0. The predicted molar refractivity (Wildman–Crippen MR) is 53.3 cm³/mol. The lowest BCUT2D eigenvalue weighted by Gasteiger charge is -2.12. The highest BCUT2D eigenvalue weighted by Crippen LogP contribution is 2.07. The van der Waals surface area contributed by atoms with E-state index in [1.165, 1.54) is 0 Å². The first-order valence-corrected chi connectivity index (χ1v) is 4.66. The molecule has 0 saturated heterocycles. The molecule has 0 spiro atoms. The minimum absolute atomic E-state index is 0.298. The Morgan fingerprint density at radius 1 is 1.69 bits per heavy atom. The normalized spacial score (nSPS) is 13.2. The van der Waals surface area contributed by atoms with E-state index < -0.39 is 0 Å². The lowest BCUT2D eigenvalue weighted by molar-refractivity contribution is 0.523. The van der Waals surface area contributed by atoms with Crippen LogP contribution in [0.4, 0.5) is 0 Å². The first kappa shape index (κ1) is 10.2. The average Bonchev–Trinajstić information content (AvgIpc) is 2.52. The maximum atomic E-state index is 5.40. The van der Waals surface area contributed by atoms with Gasteiger partial charge in [-0.3, -0.25) is 0 Å². The third kappa shape index (κ3) is 2.82.